The summed E-state index contributed by atoms with van der Waals surface area (Å²) < 4.78 is 0. The van der Waals surface area contributed by atoms with Crippen LogP contribution < -0.4 is 5.01 Å². The Morgan fingerprint density at radius 1 is 1.19 bits per heavy atom. The average molecular weight is 230 g/mol. The van der Waals surface area contributed by atoms with Crippen LogP contribution in [0.15, 0.2) is 58.8 Å². The third-order valence-corrected chi connectivity index (χ3v) is 4.11. The van der Waals surface area contributed by atoms with Crippen molar-refractivity contribution in [3.05, 3.63) is 53.5 Å². The molecule has 0 aromatic heterocycles. The lowest BCUT2D eigenvalue weighted by molar-refractivity contribution is 0.703. The minimum Gasteiger partial charge on any atom is -0.220 e. The molecule has 1 heterocycles. The second-order valence-corrected chi connectivity index (χ2v) is 4.96. The van der Waals surface area contributed by atoms with Gasteiger partial charge in [-0.1, -0.05) is 36.4 Å². The van der Waals surface area contributed by atoms with Gasteiger partial charge in [0.05, 0.1) is 22.3 Å². The van der Waals surface area contributed by atoms with E-state index < -0.39 is 0 Å². The molecule has 0 radical (unpaired) electrons. The molecule has 1 aromatic rings. The van der Waals surface area contributed by atoms with Crippen molar-refractivity contribution >= 4 is 17.4 Å². The van der Waals surface area contributed by atoms with Crippen LogP contribution in [0.3, 0.4) is 0 Å². The predicted octanol–water partition coefficient (Wildman–Crippen LogP) is 3.14. The van der Waals surface area contributed by atoms with Crippen LogP contribution in [-0.2, 0) is 0 Å². The van der Waals surface area contributed by atoms with Crippen molar-refractivity contribution in [1.82, 2.24) is 0 Å². The van der Waals surface area contributed by atoms with Crippen molar-refractivity contribution in [2.24, 2.45) is 5.29 Å². The Hall–Kier alpha value is -1.55. The van der Waals surface area contributed by atoms with Gasteiger partial charge in [0.15, 0.2) is 0 Å². The van der Waals surface area contributed by atoms with E-state index in [1.807, 2.05) is 42.5 Å². The minimum absolute atomic E-state index is 0.0439. The predicted molar refractivity (Wildman–Crippen MR) is 66.4 cm³/mol. The Labute approximate surface area is 97.8 Å². The fourth-order valence-corrected chi connectivity index (χ4v) is 3.30. The van der Waals surface area contributed by atoms with Crippen LogP contribution in [0.2, 0.25) is 0 Å². The molecule has 2 aliphatic rings. The van der Waals surface area contributed by atoms with Gasteiger partial charge in [0.25, 0.3) is 0 Å². The van der Waals surface area contributed by atoms with E-state index in [0.717, 1.165) is 10.6 Å². The molecule has 2 atom stereocenters. The first-order valence-electron chi connectivity index (χ1n) is 5.13. The first kappa shape index (κ1) is 9.66. The van der Waals surface area contributed by atoms with E-state index >= 15 is 0 Å². The van der Waals surface area contributed by atoms with Crippen molar-refractivity contribution in [2.75, 3.05) is 5.01 Å². The Kier molecular flexibility index (Phi) is 2.29. The zero-order valence-corrected chi connectivity index (χ0v) is 9.30. The molecule has 16 heavy (non-hydrogen) atoms. The van der Waals surface area contributed by atoms with Gasteiger partial charge in [-0.05, 0) is 12.1 Å². The first-order valence-corrected chi connectivity index (χ1v) is 6.01. The highest BCUT2D eigenvalue weighted by atomic mass is 32.2. The fourth-order valence-electron chi connectivity index (χ4n) is 2.06. The molecule has 3 rings (SSSR count). The molecule has 3 nitrogen and oxygen atoms in total. The molecular weight excluding hydrogens is 220 g/mol. The van der Waals surface area contributed by atoms with Gasteiger partial charge in [-0.3, -0.25) is 0 Å². The number of thioether (sulfide) groups is 1. The average Bonchev–Trinajstić information content (AvgIpc) is 2.36. The number of hydrogen-bond donors (Lipinski definition) is 0. The molecule has 1 aliphatic heterocycles. The SMILES string of the molecule is O=NN1c2ccccc2SC2C=CC=CC21. The highest BCUT2D eigenvalue weighted by molar-refractivity contribution is 8.00. The topological polar surface area (TPSA) is 32.7 Å². The Balaban J connectivity index is 2.10. The zero-order valence-electron chi connectivity index (χ0n) is 8.48. The molecule has 2 unspecified atom stereocenters. The lowest BCUT2D eigenvalue weighted by atomic mass is 10.1. The molecule has 0 saturated carbocycles. The summed E-state index contributed by atoms with van der Waals surface area (Å²) in [6.45, 7) is 0. The summed E-state index contributed by atoms with van der Waals surface area (Å²) in [6, 6.07) is 7.92. The van der Waals surface area contributed by atoms with Crippen LogP contribution in [0.1, 0.15) is 0 Å². The Morgan fingerprint density at radius 2 is 2.00 bits per heavy atom. The summed E-state index contributed by atoms with van der Waals surface area (Å²) in [6.07, 6.45) is 8.12. The number of allylic oxidation sites excluding steroid dienone is 2. The van der Waals surface area contributed by atoms with Crippen molar-refractivity contribution < 1.29 is 0 Å². The van der Waals surface area contributed by atoms with Gasteiger partial charge >= 0.3 is 0 Å². The number of benzene rings is 1. The van der Waals surface area contributed by atoms with E-state index in [9.17, 15) is 4.91 Å². The number of hydrogen-bond acceptors (Lipinski definition) is 3. The number of rotatable bonds is 1. The Bertz CT molecular complexity index is 484. The zero-order chi connectivity index (χ0) is 11.0. The monoisotopic (exact) mass is 230 g/mol. The highest BCUT2D eigenvalue weighted by Gasteiger charge is 2.33. The van der Waals surface area contributed by atoms with Crippen LogP contribution in [-0.4, -0.2) is 11.3 Å². The van der Waals surface area contributed by atoms with E-state index in [0.29, 0.717) is 0 Å². The van der Waals surface area contributed by atoms with Crippen molar-refractivity contribution in [2.45, 2.75) is 16.2 Å². The largest absolute Gasteiger partial charge is 0.220 e. The van der Waals surface area contributed by atoms with Crippen molar-refractivity contribution in [1.29, 1.82) is 0 Å². The van der Waals surface area contributed by atoms with Crippen LogP contribution in [0.5, 0.6) is 0 Å². The third-order valence-electron chi connectivity index (χ3n) is 2.80. The van der Waals surface area contributed by atoms with Crippen LogP contribution in [0.25, 0.3) is 0 Å². The highest BCUT2D eigenvalue weighted by Crippen LogP contribution is 2.43. The standard InChI is InChI=1S/C12H10N2OS/c15-13-14-9-5-1-3-7-11(9)16-12-8-4-2-6-10(12)14/h1-9,11H. The molecule has 1 aromatic carbocycles. The maximum Gasteiger partial charge on any atom is 0.0899 e. The van der Waals surface area contributed by atoms with E-state index in [2.05, 4.69) is 11.4 Å². The summed E-state index contributed by atoms with van der Waals surface area (Å²) in [4.78, 5) is 12.1. The number of nitroso groups, excluding NO2 is 1. The molecule has 0 fully saturated rings. The number of para-hydroxylation sites is 1. The van der Waals surface area contributed by atoms with E-state index in [-0.39, 0.29) is 11.3 Å². The van der Waals surface area contributed by atoms with Gasteiger partial charge in [-0.2, -0.15) is 0 Å². The summed E-state index contributed by atoms with van der Waals surface area (Å²) in [5.41, 5.74) is 0.906. The molecule has 1 aliphatic carbocycles. The first-order chi connectivity index (χ1) is 7.90. The Morgan fingerprint density at radius 3 is 2.88 bits per heavy atom. The van der Waals surface area contributed by atoms with Gasteiger partial charge in [-0.15, -0.1) is 16.7 Å². The van der Waals surface area contributed by atoms with Gasteiger partial charge < -0.3 is 0 Å². The normalized spacial score (nSPS) is 26.1. The number of anilines is 1. The molecule has 4 heteroatoms. The molecule has 0 N–H and O–H groups in total. The quantitative estimate of drug-likeness (QED) is 0.695. The molecule has 0 bridgehead atoms. The smallest absolute Gasteiger partial charge is 0.0899 e. The molecule has 0 amide bonds. The van der Waals surface area contributed by atoms with Gasteiger partial charge in [0, 0.05) is 4.90 Å². The van der Waals surface area contributed by atoms with Crippen molar-refractivity contribution in [3.63, 3.8) is 0 Å². The van der Waals surface area contributed by atoms with Crippen LogP contribution >= 0.6 is 11.8 Å². The van der Waals surface area contributed by atoms with Crippen molar-refractivity contribution in [3.8, 4) is 0 Å². The second kappa shape index (κ2) is 3.79. The summed E-state index contributed by atoms with van der Waals surface area (Å²) >= 11 is 1.78. The van der Waals surface area contributed by atoms with Gasteiger partial charge in [0.2, 0.25) is 0 Å². The van der Waals surface area contributed by atoms with E-state index in [4.69, 9.17) is 0 Å². The lowest BCUT2D eigenvalue weighted by Crippen LogP contribution is -2.40. The molecule has 80 valence electrons. The lowest BCUT2D eigenvalue weighted by Gasteiger charge is -2.36. The maximum absolute atomic E-state index is 11.0. The van der Waals surface area contributed by atoms with Crippen LogP contribution in [0.4, 0.5) is 5.69 Å². The summed E-state index contributed by atoms with van der Waals surface area (Å²) in [5, 5.41) is 5.00. The molecular formula is C12H10N2OS. The number of fused-ring (bicyclic) bond motifs is 2. The maximum atomic E-state index is 11.0. The number of nitrogens with zero attached hydrogens (tertiary/aromatic N) is 2. The van der Waals surface area contributed by atoms with Gasteiger partial charge in [0.1, 0.15) is 0 Å². The minimum atomic E-state index is 0.0439. The summed E-state index contributed by atoms with van der Waals surface area (Å²) in [7, 11) is 0. The second-order valence-electron chi connectivity index (χ2n) is 3.74. The van der Waals surface area contributed by atoms with Gasteiger partial charge in [-0.25, -0.2) is 5.01 Å². The fraction of sp³-hybridized carbons (Fsp3) is 0.167. The van der Waals surface area contributed by atoms with Crippen LogP contribution in [0, 0.1) is 4.91 Å². The van der Waals surface area contributed by atoms with E-state index in [1.54, 1.807) is 16.8 Å². The molecule has 0 saturated heterocycles. The van der Waals surface area contributed by atoms with E-state index in [1.165, 1.54) is 0 Å². The molecule has 0 spiro atoms. The third kappa shape index (κ3) is 1.38. The summed E-state index contributed by atoms with van der Waals surface area (Å²) in [5.74, 6) is 0.